The van der Waals surface area contributed by atoms with Crippen LogP contribution in [-0.4, -0.2) is 35.5 Å². The minimum atomic E-state index is -0.114. The van der Waals surface area contributed by atoms with E-state index in [0.29, 0.717) is 12.3 Å². The highest BCUT2D eigenvalue weighted by atomic mass is 35.5. The monoisotopic (exact) mass is 482 g/mol. The van der Waals surface area contributed by atoms with E-state index >= 15 is 0 Å². The van der Waals surface area contributed by atoms with Crippen LogP contribution in [-0.2, 0) is 11.2 Å². The lowest BCUT2D eigenvalue weighted by Crippen LogP contribution is -2.48. The van der Waals surface area contributed by atoms with Gasteiger partial charge in [0, 0.05) is 28.8 Å². The average Bonchev–Trinajstić information content (AvgIpc) is 3.18. The Kier molecular flexibility index (Phi) is 9.21. The van der Waals surface area contributed by atoms with Gasteiger partial charge in [-0.3, -0.25) is 4.79 Å². The third kappa shape index (κ3) is 5.84. The summed E-state index contributed by atoms with van der Waals surface area (Å²) >= 11 is 0. The first-order chi connectivity index (χ1) is 16.0. The molecule has 0 unspecified atom stereocenters. The van der Waals surface area contributed by atoms with Gasteiger partial charge in [-0.1, -0.05) is 62.2 Å². The summed E-state index contributed by atoms with van der Waals surface area (Å²) in [4.78, 5) is 18.7. The van der Waals surface area contributed by atoms with Gasteiger partial charge in [-0.15, -0.1) is 12.4 Å². The Morgan fingerprint density at radius 3 is 2.38 bits per heavy atom. The van der Waals surface area contributed by atoms with E-state index in [9.17, 15) is 4.79 Å². The van der Waals surface area contributed by atoms with Crippen molar-refractivity contribution in [3.05, 3.63) is 65.9 Å². The minimum Gasteiger partial charge on any atom is -0.424 e. The van der Waals surface area contributed by atoms with Gasteiger partial charge in [0.15, 0.2) is 5.75 Å². The van der Waals surface area contributed by atoms with Crippen LogP contribution in [0.1, 0.15) is 75.5 Å². The van der Waals surface area contributed by atoms with Crippen LogP contribution in [0.2, 0.25) is 0 Å². The number of aromatic nitrogens is 1. The molecular weight excluding hydrogens is 444 g/mol. The number of benzene rings is 2. The predicted octanol–water partition coefficient (Wildman–Crippen LogP) is 7.28. The Morgan fingerprint density at radius 2 is 1.71 bits per heavy atom. The molecule has 1 saturated carbocycles. The predicted molar refractivity (Wildman–Crippen MR) is 143 cm³/mol. The van der Waals surface area contributed by atoms with Crippen LogP contribution in [0.3, 0.4) is 0 Å². The van der Waals surface area contributed by atoms with Crippen LogP contribution in [0.5, 0.6) is 5.75 Å². The highest BCUT2D eigenvalue weighted by Gasteiger charge is 2.39. The van der Waals surface area contributed by atoms with Crippen molar-refractivity contribution in [2.45, 2.75) is 76.2 Å². The standard InChI is InChI=1S/C29H38N2O2.ClH/c1-4-5-7-16-26(32)33-28-24-14-10-11-15-25(24)30-27(28)23-17-19-29(20-18-23,31(2)3)21-22-12-8-6-9-13-22;/h6,8-15,23,30H,4-5,7,16-21H2,1-3H3;1H. The summed E-state index contributed by atoms with van der Waals surface area (Å²) in [6.45, 7) is 2.15. The van der Waals surface area contributed by atoms with Crippen molar-refractivity contribution in [3.63, 3.8) is 0 Å². The van der Waals surface area contributed by atoms with E-state index in [1.165, 1.54) is 5.56 Å². The van der Waals surface area contributed by atoms with Gasteiger partial charge < -0.3 is 14.6 Å². The van der Waals surface area contributed by atoms with E-state index in [1.807, 2.05) is 12.1 Å². The van der Waals surface area contributed by atoms with Crippen molar-refractivity contribution >= 4 is 29.3 Å². The van der Waals surface area contributed by atoms with Gasteiger partial charge in [-0.25, -0.2) is 0 Å². The topological polar surface area (TPSA) is 45.3 Å². The third-order valence-electron chi connectivity index (χ3n) is 7.54. The molecule has 5 heteroatoms. The lowest BCUT2D eigenvalue weighted by molar-refractivity contribution is -0.134. The second kappa shape index (κ2) is 11.9. The lowest BCUT2D eigenvalue weighted by Gasteiger charge is -2.45. The number of para-hydroxylation sites is 1. The summed E-state index contributed by atoms with van der Waals surface area (Å²) in [7, 11) is 4.44. The fourth-order valence-electron chi connectivity index (χ4n) is 5.42. The zero-order chi connectivity index (χ0) is 23.3. The summed E-state index contributed by atoms with van der Waals surface area (Å²) in [6.07, 6.45) is 9.02. The number of nitrogens with zero attached hydrogens (tertiary/aromatic N) is 1. The Morgan fingerprint density at radius 1 is 1.03 bits per heavy atom. The van der Waals surface area contributed by atoms with Crippen LogP contribution in [0, 0.1) is 0 Å². The number of likely N-dealkylation sites (N-methyl/N-ethyl adjacent to an activating group) is 1. The number of unbranched alkanes of at least 4 members (excludes halogenated alkanes) is 2. The Labute approximate surface area is 210 Å². The average molecular weight is 483 g/mol. The zero-order valence-electron chi connectivity index (χ0n) is 20.8. The third-order valence-corrected chi connectivity index (χ3v) is 7.54. The van der Waals surface area contributed by atoms with Gasteiger partial charge in [-0.2, -0.15) is 0 Å². The Bertz CT molecular complexity index is 1050. The number of ether oxygens (including phenoxy) is 1. The van der Waals surface area contributed by atoms with E-state index in [-0.39, 0.29) is 23.9 Å². The molecule has 2 aromatic carbocycles. The maximum Gasteiger partial charge on any atom is 0.311 e. The molecule has 1 N–H and O–H groups in total. The lowest BCUT2D eigenvalue weighted by atomic mass is 9.72. The molecule has 1 fully saturated rings. The second-order valence-corrected chi connectivity index (χ2v) is 9.90. The van der Waals surface area contributed by atoms with Gasteiger partial charge in [0.2, 0.25) is 0 Å². The van der Waals surface area contributed by atoms with Crippen molar-refractivity contribution in [3.8, 4) is 5.75 Å². The first-order valence-corrected chi connectivity index (χ1v) is 12.5. The summed E-state index contributed by atoms with van der Waals surface area (Å²) in [6, 6.07) is 19.0. The van der Waals surface area contributed by atoms with Crippen molar-refractivity contribution in [1.82, 2.24) is 9.88 Å². The molecule has 0 aliphatic heterocycles. The molecule has 0 atom stereocenters. The van der Waals surface area contributed by atoms with Crippen LogP contribution >= 0.6 is 12.4 Å². The summed E-state index contributed by atoms with van der Waals surface area (Å²) < 4.78 is 6.01. The quantitative estimate of drug-likeness (QED) is 0.257. The van der Waals surface area contributed by atoms with Gasteiger partial charge in [0.25, 0.3) is 0 Å². The minimum absolute atomic E-state index is 0. The summed E-state index contributed by atoms with van der Waals surface area (Å²) in [5, 5.41) is 1.02. The smallest absolute Gasteiger partial charge is 0.311 e. The molecule has 184 valence electrons. The van der Waals surface area contributed by atoms with Crippen molar-refractivity contribution in [2.24, 2.45) is 0 Å². The summed E-state index contributed by atoms with van der Waals surface area (Å²) in [5.41, 5.74) is 3.72. The Balaban J connectivity index is 0.00000324. The number of carbonyl (C=O) groups is 1. The van der Waals surface area contributed by atoms with Crippen molar-refractivity contribution in [2.75, 3.05) is 14.1 Å². The fraction of sp³-hybridized carbons (Fsp3) is 0.483. The van der Waals surface area contributed by atoms with Gasteiger partial charge >= 0.3 is 5.97 Å². The molecule has 1 aliphatic rings. The number of H-pyrrole nitrogens is 1. The molecule has 0 bridgehead atoms. The van der Waals surface area contributed by atoms with E-state index in [2.05, 4.69) is 73.4 Å². The highest BCUT2D eigenvalue weighted by molar-refractivity contribution is 5.90. The van der Waals surface area contributed by atoms with Crippen LogP contribution in [0.4, 0.5) is 0 Å². The van der Waals surface area contributed by atoms with Gasteiger partial charge in [0.1, 0.15) is 0 Å². The maximum absolute atomic E-state index is 12.6. The largest absolute Gasteiger partial charge is 0.424 e. The van der Waals surface area contributed by atoms with E-state index < -0.39 is 0 Å². The summed E-state index contributed by atoms with van der Waals surface area (Å²) in [5.74, 6) is 1.02. The molecule has 4 nitrogen and oxygen atoms in total. The van der Waals surface area contributed by atoms with E-state index in [4.69, 9.17) is 4.74 Å². The first kappa shape index (κ1) is 26.3. The molecule has 1 heterocycles. The van der Waals surface area contributed by atoms with Crippen LogP contribution in [0.25, 0.3) is 10.9 Å². The fourth-order valence-corrected chi connectivity index (χ4v) is 5.42. The van der Waals surface area contributed by atoms with Gasteiger partial charge in [0.05, 0.1) is 5.69 Å². The second-order valence-electron chi connectivity index (χ2n) is 9.90. The number of aromatic amines is 1. The SMILES string of the molecule is CCCCCC(=O)Oc1c(C2CCC(Cc3ccccc3)(N(C)C)CC2)[nH]c2ccccc12.Cl. The molecule has 34 heavy (non-hydrogen) atoms. The molecule has 1 aliphatic carbocycles. The number of carbonyl (C=O) groups excluding carboxylic acids is 1. The first-order valence-electron chi connectivity index (χ1n) is 12.5. The number of hydrogen-bond donors (Lipinski definition) is 1. The number of halogens is 1. The molecule has 0 spiro atoms. The zero-order valence-corrected chi connectivity index (χ0v) is 21.6. The molecule has 0 amide bonds. The van der Waals surface area contributed by atoms with Gasteiger partial charge in [-0.05, 0) is 70.3 Å². The number of fused-ring (bicyclic) bond motifs is 1. The molecular formula is C29H39ClN2O2. The maximum atomic E-state index is 12.6. The number of nitrogens with one attached hydrogen (secondary N) is 1. The molecule has 4 rings (SSSR count). The van der Waals surface area contributed by atoms with Crippen LogP contribution in [0.15, 0.2) is 54.6 Å². The van der Waals surface area contributed by atoms with E-state index in [0.717, 1.165) is 73.7 Å². The van der Waals surface area contributed by atoms with E-state index in [1.54, 1.807) is 0 Å². The highest BCUT2D eigenvalue weighted by Crippen LogP contribution is 2.46. The normalized spacial score (nSPS) is 20.3. The molecule has 0 saturated heterocycles. The number of rotatable bonds is 9. The van der Waals surface area contributed by atoms with Crippen molar-refractivity contribution < 1.29 is 9.53 Å². The number of esters is 1. The van der Waals surface area contributed by atoms with Crippen LogP contribution < -0.4 is 4.74 Å². The molecule has 0 radical (unpaired) electrons. The molecule has 1 aromatic heterocycles. The Hall–Kier alpha value is -2.30. The number of hydrogen-bond acceptors (Lipinski definition) is 3. The molecule has 3 aromatic rings. The van der Waals surface area contributed by atoms with Crippen molar-refractivity contribution in [1.29, 1.82) is 0 Å².